The fraction of sp³-hybridized carbons (Fsp3) is 0.667. The standard InChI is InChI=1S/C21H30FN3O3S/c22-18-8-2-4-10-20(18)29(27,28)25-14-12-23(13-15-25)21(26)16-24-11-5-7-17-6-1-3-9-19(17)24/h2,4,8,10,17,19H,1,3,5-7,9,11-16H2/t17-,19+/m1/s1. The van der Waals surface area contributed by atoms with Crippen LogP contribution >= 0.6 is 0 Å². The minimum Gasteiger partial charge on any atom is -0.339 e. The van der Waals surface area contributed by atoms with Gasteiger partial charge in [-0.25, -0.2) is 12.8 Å². The number of likely N-dealkylation sites (tertiary alicyclic amines) is 1. The molecule has 1 aromatic carbocycles. The molecule has 1 aliphatic carbocycles. The number of halogens is 1. The predicted molar refractivity (Wildman–Crippen MR) is 108 cm³/mol. The number of sulfonamides is 1. The van der Waals surface area contributed by atoms with Crippen LogP contribution in [0.2, 0.25) is 0 Å². The molecule has 0 radical (unpaired) electrons. The second kappa shape index (κ2) is 8.70. The number of hydrogen-bond acceptors (Lipinski definition) is 4. The zero-order valence-electron chi connectivity index (χ0n) is 16.8. The Labute approximate surface area is 172 Å². The molecule has 29 heavy (non-hydrogen) atoms. The molecule has 160 valence electrons. The van der Waals surface area contributed by atoms with Gasteiger partial charge in [-0.05, 0) is 50.3 Å². The van der Waals surface area contributed by atoms with Gasteiger partial charge in [0, 0.05) is 32.2 Å². The monoisotopic (exact) mass is 423 g/mol. The van der Waals surface area contributed by atoms with Gasteiger partial charge >= 0.3 is 0 Å². The van der Waals surface area contributed by atoms with Gasteiger partial charge in [0.1, 0.15) is 10.7 Å². The molecule has 3 fully saturated rings. The number of hydrogen-bond donors (Lipinski definition) is 0. The summed E-state index contributed by atoms with van der Waals surface area (Å²) in [4.78, 5) is 16.7. The first kappa shape index (κ1) is 20.8. The first-order valence-electron chi connectivity index (χ1n) is 10.7. The first-order chi connectivity index (χ1) is 14.0. The number of amides is 1. The van der Waals surface area contributed by atoms with Crippen molar-refractivity contribution in [3.63, 3.8) is 0 Å². The van der Waals surface area contributed by atoms with Crippen molar-refractivity contribution in [1.82, 2.24) is 14.1 Å². The summed E-state index contributed by atoms with van der Waals surface area (Å²) in [6.07, 6.45) is 7.46. The normalized spacial score (nSPS) is 26.9. The molecule has 0 unspecified atom stereocenters. The Bertz CT molecular complexity index is 837. The van der Waals surface area contributed by atoms with E-state index >= 15 is 0 Å². The van der Waals surface area contributed by atoms with Gasteiger partial charge in [0.05, 0.1) is 6.54 Å². The number of fused-ring (bicyclic) bond motifs is 1. The van der Waals surface area contributed by atoms with E-state index in [1.165, 1.54) is 54.6 Å². The molecule has 3 aliphatic rings. The van der Waals surface area contributed by atoms with Crippen LogP contribution in [0.15, 0.2) is 29.2 Å². The lowest BCUT2D eigenvalue weighted by Gasteiger charge is -2.44. The molecule has 1 aromatic rings. The van der Waals surface area contributed by atoms with Gasteiger partial charge < -0.3 is 4.90 Å². The van der Waals surface area contributed by atoms with Crippen molar-refractivity contribution in [1.29, 1.82) is 0 Å². The molecule has 0 spiro atoms. The average molecular weight is 424 g/mol. The maximum atomic E-state index is 14.0. The predicted octanol–water partition coefficient (Wildman–Crippen LogP) is 2.31. The molecule has 2 atom stereocenters. The average Bonchev–Trinajstić information content (AvgIpc) is 2.74. The number of piperazine rings is 1. The molecule has 0 bridgehead atoms. The van der Waals surface area contributed by atoms with Crippen molar-refractivity contribution in [3.05, 3.63) is 30.1 Å². The zero-order valence-corrected chi connectivity index (χ0v) is 17.6. The smallest absolute Gasteiger partial charge is 0.246 e. The second-order valence-corrected chi connectivity index (χ2v) is 10.3. The summed E-state index contributed by atoms with van der Waals surface area (Å²) in [6, 6.07) is 5.97. The zero-order chi connectivity index (χ0) is 20.4. The van der Waals surface area contributed by atoms with Gasteiger partial charge in [-0.2, -0.15) is 4.31 Å². The molecule has 2 heterocycles. The molecule has 8 heteroatoms. The molecule has 6 nitrogen and oxygen atoms in total. The number of carbonyl (C=O) groups excluding carboxylic acids is 1. The van der Waals surface area contributed by atoms with E-state index in [0.29, 0.717) is 25.7 Å². The van der Waals surface area contributed by atoms with Crippen molar-refractivity contribution < 1.29 is 17.6 Å². The molecule has 0 N–H and O–H groups in total. The Balaban J connectivity index is 1.34. The van der Waals surface area contributed by atoms with Crippen LogP contribution in [0.3, 0.4) is 0 Å². The van der Waals surface area contributed by atoms with E-state index in [9.17, 15) is 17.6 Å². The summed E-state index contributed by atoms with van der Waals surface area (Å²) in [5.74, 6) is 0.0744. The lowest BCUT2D eigenvalue weighted by Crippen LogP contribution is -2.55. The van der Waals surface area contributed by atoms with Crippen LogP contribution in [-0.4, -0.2) is 73.7 Å². The van der Waals surface area contributed by atoms with Crippen molar-refractivity contribution in [2.45, 2.75) is 49.5 Å². The van der Waals surface area contributed by atoms with Crippen LogP contribution in [0.5, 0.6) is 0 Å². The van der Waals surface area contributed by atoms with Crippen LogP contribution in [0, 0.1) is 11.7 Å². The molecular formula is C21H30FN3O3S. The quantitative estimate of drug-likeness (QED) is 0.746. The fourth-order valence-electron chi connectivity index (χ4n) is 5.17. The Hall–Kier alpha value is -1.51. The van der Waals surface area contributed by atoms with Gasteiger partial charge in [0.25, 0.3) is 0 Å². The summed E-state index contributed by atoms with van der Waals surface area (Å²) in [6.45, 7) is 2.53. The minimum atomic E-state index is -3.87. The van der Waals surface area contributed by atoms with E-state index in [2.05, 4.69) is 4.90 Å². The maximum absolute atomic E-state index is 14.0. The van der Waals surface area contributed by atoms with Crippen LogP contribution in [0.1, 0.15) is 38.5 Å². The lowest BCUT2D eigenvalue weighted by molar-refractivity contribution is -0.135. The van der Waals surface area contributed by atoms with Gasteiger partial charge in [0.2, 0.25) is 15.9 Å². The largest absolute Gasteiger partial charge is 0.339 e. The number of nitrogens with zero attached hydrogens (tertiary/aromatic N) is 3. The number of rotatable bonds is 4. The second-order valence-electron chi connectivity index (χ2n) is 8.44. The van der Waals surface area contributed by atoms with Gasteiger partial charge in [-0.3, -0.25) is 9.69 Å². The van der Waals surface area contributed by atoms with E-state index in [0.717, 1.165) is 24.9 Å². The van der Waals surface area contributed by atoms with Crippen LogP contribution < -0.4 is 0 Å². The molecule has 0 aromatic heterocycles. The van der Waals surface area contributed by atoms with Gasteiger partial charge in [0.15, 0.2) is 0 Å². The Morgan fingerprint density at radius 2 is 1.66 bits per heavy atom. The lowest BCUT2D eigenvalue weighted by atomic mass is 9.78. The van der Waals surface area contributed by atoms with Crippen molar-refractivity contribution in [2.24, 2.45) is 5.92 Å². The van der Waals surface area contributed by atoms with Crippen LogP contribution in [0.4, 0.5) is 4.39 Å². The fourth-order valence-corrected chi connectivity index (χ4v) is 6.66. The van der Waals surface area contributed by atoms with Crippen LogP contribution in [-0.2, 0) is 14.8 Å². The maximum Gasteiger partial charge on any atom is 0.246 e. The Morgan fingerprint density at radius 3 is 2.41 bits per heavy atom. The summed E-state index contributed by atoms with van der Waals surface area (Å²) in [7, 11) is -3.87. The van der Waals surface area contributed by atoms with E-state index in [1.54, 1.807) is 4.90 Å². The third kappa shape index (κ3) is 4.34. The minimum absolute atomic E-state index is 0.0826. The van der Waals surface area contributed by atoms with Crippen molar-refractivity contribution in [3.8, 4) is 0 Å². The van der Waals surface area contributed by atoms with Crippen LogP contribution in [0.25, 0.3) is 0 Å². The molecule has 1 amide bonds. The highest BCUT2D eigenvalue weighted by atomic mass is 32.2. The van der Waals surface area contributed by atoms with Crippen molar-refractivity contribution >= 4 is 15.9 Å². The summed E-state index contributed by atoms with van der Waals surface area (Å²) in [5, 5.41) is 0. The highest BCUT2D eigenvalue weighted by Gasteiger charge is 2.36. The Kier molecular flexibility index (Phi) is 6.22. The van der Waals surface area contributed by atoms with E-state index in [-0.39, 0.29) is 23.9 Å². The number of carbonyl (C=O) groups is 1. The topological polar surface area (TPSA) is 60.9 Å². The molecule has 2 aliphatic heterocycles. The highest BCUT2D eigenvalue weighted by molar-refractivity contribution is 7.89. The highest BCUT2D eigenvalue weighted by Crippen LogP contribution is 2.35. The summed E-state index contributed by atoms with van der Waals surface area (Å²) in [5.41, 5.74) is 0. The molecule has 1 saturated carbocycles. The van der Waals surface area contributed by atoms with E-state index < -0.39 is 15.8 Å². The molecule has 4 rings (SSSR count). The van der Waals surface area contributed by atoms with Gasteiger partial charge in [-0.1, -0.05) is 25.0 Å². The SMILES string of the molecule is O=C(CN1CCC[C@H]2CCCC[C@@H]21)N1CCN(S(=O)(=O)c2ccccc2F)CC1. The molecule has 2 saturated heterocycles. The summed E-state index contributed by atoms with van der Waals surface area (Å²) >= 11 is 0. The Morgan fingerprint density at radius 1 is 0.966 bits per heavy atom. The van der Waals surface area contributed by atoms with E-state index in [4.69, 9.17) is 0 Å². The van der Waals surface area contributed by atoms with Gasteiger partial charge in [-0.15, -0.1) is 0 Å². The first-order valence-corrected chi connectivity index (χ1v) is 12.2. The number of benzene rings is 1. The summed E-state index contributed by atoms with van der Waals surface area (Å²) < 4.78 is 40.7. The number of piperidine rings is 1. The van der Waals surface area contributed by atoms with E-state index in [1.807, 2.05) is 0 Å². The van der Waals surface area contributed by atoms with Crippen molar-refractivity contribution in [2.75, 3.05) is 39.3 Å². The molecular weight excluding hydrogens is 393 g/mol. The third-order valence-corrected chi connectivity index (χ3v) is 8.67. The third-order valence-electron chi connectivity index (χ3n) is 6.74.